The molecule has 0 spiro atoms. The third kappa shape index (κ3) is 2.97. The number of ether oxygens (including phenoxy) is 1. The van der Waals surface area contributed by atoms with Gasteiger partial charge in [-0.15, -0.1) is 0 Å². The zero-order valence-corrected chi connectivity index (χ0v) is 10.7. The number of carbonyl (C=O) groups excluding carboxylic acids is 1. The Hall–Kier alpha value is -2.10. The van der Waals surface area contributed by atoms with Crippen LogP contribution < -0.4 is 0 Å². The summed E-state index contributed by atoms with van der Waals surface area (Å²) in [6.45, 7) is 5.53. The van der Waals surface area contributed by atoms with Gasteiger partial charge in [-0.3, -0.25) is 0 Å². The first-order valence-electron chi connectivity index (χ1n) is 5.79. The maximum absolute atomic E-state index is 11.6. The summed E-state index contributed by atoms with van der Waals surface area (Å²) in [6.07, 6.45) is 6.70. The average molecular weight is 244 g/mol. The summed E-state index contributed by atoms with van der Waals surface area (Å²) in [4.78, 5) is 18.8. The van der Waals surface area contributed by atoms with Gasteiger partial charge in [0.1, 0.15) is 11.2 Å². The molecule has 0 radical (unpaired) electrons. The number of aromatic amines is 1. The third-order valence-corrected chi connectivity index (χ3v) is 2.30. The van der Waals surface area contributed by atoms with Gasteiger partial charge in [-0.2, -0.15) is 0 Å². The van der Waals surface area contributed by atoms with E-state index in [0.717, 1.165) is 16.6 Å². The summed E-state index contributed by atoms with van der Waals surface area (Å²) < 4.78 is 5.20. The number of H-pyrrole nitrogens is 1. The molecule has 2 aromatic heterocycles. The highest BCUT2D eigenvalue weighted by molar-refractivity contribution is 5.92. The van der Waals surface area contributed by atoms with Crippen molar-refractivity contribution in [1.82, 2.24) is 9.97 Å². The van der Waals surface area contributed by atoms with E-state index in [9.17, 15) is 4.79 Å². The lowest BCUT2D eigenvalue weighted by atomic mass is 10.1. The number of esters is 1. The molecule has 0 amide bonds. The van der Waals surface area contributed by atoms with Gasteiger partial charge in [-0.25, -0.2) is 9.78 Å². The topological polar surface area (TPSA) is 55.0 Å². The van der Waals surface area contributed by atoms with Crippen LogP contribution in [0.1, 0.15) is 26.3 Å². The van der Waals surface area contributed by atoms with Crippen LogP contribution in [0, 0.1) is 0 Å². The molecule has 0 bridgehead atoms. The Bertz CT molecular complexity index is 591. The fourth-order valence-corrected chi connectivity index (χ4v) is 1.62. The van der Waals surface area contributed by atoms with E-state index in [1.165, 1.54) is 6.08 Å². The molecular formula is C14H16N2O2. The van der Waals surface area contributed by atoms with Crippen LogP contribution in [0.25, 0.3) is 17.1 Å². The van der Waals surface area contributed by atoms with Crippen LogP contribution in [-0.4, -0.2) is 21.5 Å². The number of rotatable bonds is 2. The van der Waals surface area contributed by atoms with Crippen molar-refractivity contribution in [2.45, 2.75) is 26.4 Å². The minimum absolute atomic E-state index is 0.344. The van der Waals surface area contributed by atoms with Crippen molar-refractivity contribution in [2.24, 2.45) is 0 Å². The SMILES string of the molecule is CC(C)(C)OC(=O)/C=C/c1ccnc2[nH]ccc12. The van der Waals surface area contributed by atoms with E-state index in [1.807, 2.05) is 39.1 Å². The second-order valence-corrected chi connectivity index (χ2v) is 5.01. The lowest BCUT2D eigenvalue weighted by molar-refractivity contribution is -0.148. The minimum Gasteiger partial charge on any atom is -0.457 e. The highest BCUT2D eigenvalue weighted by Gasteiger charge is 2.13. The number of nitrogens with one attached hydrogen (secondary N) is 1. The molecule has 0 aliphatic carbocycles. The normalized spacial score (nSPS) is 12.2. The standard InChI is InChI=1S/C14H16N2O2/c1-14(2,3)18-12(17)5-4-10-6-8-15-13-11(10)7-9-16-13/h4-9H,1-3H3,(H,15,16)/b5-4+. The number of pyridine rings is 1. The minimum atomic E-state index is -0.469. The molecule has 0 unspecified atom stereocenters. The first kappa shape index (κ1) is 12.4. The molecule has 18 heavy (non-hydrogen) atoms. The van der Waals surface area contributed by atoms with Gasteiger partial charge in [-0.1, -0.05) is 0 Å². The largest absolute Gasteiger partial charge is 0.457 e. The predicted octanol–water partition coefficient (Wildman–Crippen LogP) is 2.92. The van der Waals surface area contributed by atoms with Crippen molar-refractivity contribution in [1.29, 1.82) is 0 Å². The first-order chi connectivity index (χ1) is 8.46. The van der Waals surface area contributed by atoms with Crippen molar-refractivity contribution in [3.63, 3.8) is 0 Å². The summed E-state index contributed by atoms with van der Waals surface area (Å²) in [5.74, 6) is -0.344. The zero-order valence-electron chi connectivity index (χ0n) is 10.7. The van der Waals surface area contributed by atoms with Crippen LogP contribution in [0.3, 0.4) is 0 Å². The summed E-state index contributed by atoms with van der Waals surface area (Å²) in [6, 6.07) is 3.79. The van der Waals surface area contributed by atoms with Crippen LogP contribution in [-0.2, 0) is 9.53 Å². The van der Waals surface area contributed by atoms with Crippen LogP contribution in [0.2, 0.25) is 0 Å². The van der Waals surface area contributed by atoms with E-state index < -0.39 is 5.60 Å². The molecule has 0 saturated heterocycles. The molecule has 4 nitrogen and oxygen atoms in total. The molecule has 0 fully saturated rings. The molecule has 0 aliphatic rings. The maximum atomic E-state index is 11.6. The number of hydrogen-bond donors (Lipinski definition) is 1. The molecule has 2 heterocycles. The van der Waals surface area contributed by atoms with Crippen LogP contribution >= 0.6 is 0 Å². The maximum Gasteiger partial charge on any atom is 0.331 e. The number of fused-ring (bicyclic) bond motifs is 1. The van der Waals surface area contributed by atoms with Crippen molar-refractivity contribution < 1.29 is 9.53 Å². The Morgan fingerprint density at radius 2 is 2.17 bits per heavy atom. The second-order valence-electron chi connectivity index (χ2n) is 5.01. The van der Waals surface area contributed by atoms with E-state index in [0.29, 0.717) is 0 Å². The number of carbonyl (C=O) groups is 1. The molecule has 1 N–H and O–H groups in total. The van der Waals surface area contributed by atoms with Crippen molar-refractivity contribution >= 4 is 23.1 Å². The van der Waals surface area contributed by atoms with Crippen LogP contribution in [0.4, 0.5) is 0 Å². The molecule has 4 heteroatoms. The summed E-state index contributed by atoms with van der Waals surface area (Å²) in [7, 11) is 0. The van der Waals surface area contributed by atoms with E-state index in [2.05, 4.69) is 9.97 Å². The van der Waals surface area contributed by atoms with Gasteiger partial charge in [0.2, 0.25) is 0 Å². The van der Waals surface area contributed by atoms with Gasteiger partial charge in [0.25, 0.3) is 0 Å². The lowest BCUT2D eigenvalue weighted by Gasteiger charge is -2.17. The van der Waals surface area contributed by atoms with Crippen LogP contribution in [0.5, 0.6) is 0 Å². The quantitative estimate of drug-likeness (QED) is 0.652. The Kier molecular flexibility index (Phi) is 3.19. The molecule has 0 saturated carbocycles. The van der Waals surface area contributed by atoms with Gasteiger partial charge in [0.15, 0.2) is 0 Å². The Morgan fingerprint density at radius 1 is 1.39 bits per heavy atom. The Labute approximate surface area is 106 Å². The molecular weight excluding hydrogens is 228 g/mol. The first-order valence-corrected chi connectivity index (χ1v) is 5.79. The van der Waals surface area contributed by atoms with E-state index in [4.69, 9.17) is 4.74 Å². The number of nitrogens with zero attached hydrogens (tertiary/aromatic N) is 1. The molecule has 0 aliphatic heterocycles. The van der Waals surface area contributed by atoms with E-state index in [-0.39, 0.29) is 5.97 Å². The molecule has 0 atom stereocenters. The smallest absolute Gasteiger partial charge is 0.331 e. The van der Waals surface area contributed by atoms with Gasteiger partial charge >= 0.3 is 5.97 Å². The molecule has 2 aromatic rings. The molecule has 94 valence electrons. The van der Waals surface area contributed by atoms with Gasteiger partial charge in [0, 0.05) is 23.9 Å². The van der Waals surface area contributed by atoms with Crippen molar-refractivity contribution in [2.75, 3.05) is 0 Å². The van der Waals surface area contributed by atoms with E-state index >= 15 is 0 Å². The van der Waals surface area contributed by atoms with Crippen LogP contribution in [0.15, 0.2) is 30.6 Å². The third-order valence-electron chi connectivity index (χ3n) is 2.30. The predicted molar refractivity (Wildman–Crippen MR) is 71.0 cm³/mol. The number of aromatic nitrogens is 2. The van der Waals surface area contributed by atoms with Gasteiger partial charge < -0.3 is 9.72 Å². The lowest BCUT2D eigenvalue weighted by Crippen LogP contribution is -2.22. The Morgan fingerprint density at radius 3 is 2.89 bits per heavy atom. The van der Waals surface area contributed by atoms with Crippen molar-refractivity contribution in [3.8, 4) is 0 Å². The van der Waals surface area contributed by atoms with Gasteiger partial charge in [-0.05, 0) is 44.5 Å². The summed E-state index contributed by atoms with van der Waals surface area (Å²) in [5.41, 5.74) is 1.27. The van der Waals surface area contributed by atoms with E-state index in [1.54, 1.807) is 12.3 Å². The fourth-order valence-electron chi connectivity index (χ4n) is 1.62. The average Bonchev–Trinajstić information content (AvgIpc) is 2.72. The second kappa shape index (κ2) is 4.64. The highest BCUT2D eigenvalue weighted by atomic mass is 16.6. The zero-order chi connectivity index (χ0) is 13.2. The molecule has 2 rings (SSSR count). The van der Waals surface area contributed by atoms with Crippen molar-refractivity contribution in [3.05, 3.63) is 36.2 Å². The summed E-state index contributed by atoms with van der Waals surface area (Å²) in [5, 5.41) is 0.984. The van der Waals surface area contributed by atoms with Gasteiger partial charge in [0.05, 0.1) is 0 Å². The monoisotopic (exact) mass is 244 g/mol. The molecule has 0 aromatic carbocycles. The fraction of sp³-hybridized carbons (Fsp3) is 0.286. The number of hydrogen-bond acceptors (Lipinski definition) is 3. The summed E-state index contributed by atoms with van der Waals surface area (Å²) >= 11 is 0. The highest BCUT2D eigenvalue weighted by Crippen LogP contribution is 2.16. The Balaban J connectivity index is 2.19.